The predicted molar refractivity (Wildman–Crippen MR) is 102 cm³/mol. The number of nitrogens with zero attached hydrogens (tertiary/aromatic N) is 2. The molecule has 1 heterocycles. The molecule has 0 saturated carbocycles. The van der Waals surface area contributed by atoms with Crippen molar-refractivity contribution < 1.29 is 0 Å². The van der Waals surface area contributed by atoms with Crippen LogP contribution in [0.25, 0.3) is 11.3 Å². The molecule has 4 heteroatoms. The molecule has 3 aromatic rings. The Bertz CT molecular complexity index is 881. The number of fused-ring (bicyclic) bond motifs is 1. The molecule has 0 saturated heterocycles. The number of thiazole rings is 1. The highest BCUT2D eigenvalue weighted by Crippen LogP contribution is 2.25. The fourth-order valence-corrected chi connectivity index (χ4v) is 3.72. The highest BCUT2D eigenvalue weighted by molar-refractivity contribution is 7.14. The van der Waals surface area contributed by atoms with Crippen molar-refractivity contribution in [2.24, 2.45) is 5.10 Å². The number of aromatic nitrogens is 1. The fraction of sp³-hybridized carbons (Fsp3) is 0.200. The molecule has 1 N–H and O–H groups in total. The van der Waals surface area contributed by atoms with Crippen LogP contribution >= 0.6 is 11.3 Å². The van der Waals surface area contributed by atoms with Crippen molar-refractivity contribution in [2.45, 2.75) is 26.2 Å². The summed E-state index contributed by atoms with van der Waals surface area (Å²) in [6, 6.07) is 16.9. The van der Waals surface area contributed by atoms with E-state index >= 15 is 0 Å². The second-order valence-corrected chi connectivity index (χ2v) is 6.91. The first-order valence-corrected chi connectivity index (χ1v) is 9.11. The summed E-state index contributed by atoms with van der Waals surface area (Å²) in [4.78, 5) is 4.60. The Balaban J connectivity index is 1.50. The maximum absolute atomic E-state index is 4.60. The Morgan fingerprint density at radius 1 is 1.08 bits per heavy atom. The lowest BCUT2D eigenvalue weighted by atomic mass is 10.0. The third-order valence-corrected chi connectivity index (χ3v) is 5.16. The first-order chi connectivity index (χ1) is 11.8. The number of hydrazone groups is 1. The second-order valence-electron chi connectivity index (χ2n) is 6.05. The third kappa shape index (κ3) is 3.10. The van der Waals surface area contributed by atoms with E-state index in [1.54, 1.807) is 11.3 Å². The molecule has 0 amide bonds. The quantitative estimate of drug-likeness (QED) is 0.530. The Kier molecular flexibility index (Phi) is 4.13. The van der Waals surface area contributed by atoms with Crippen molar-refractivity contribution in [3.8, 4) is 11.3 Å². The molecule has 0 fully saturated rings. The lowest BCUT2D eigenvalue weighted by Gasteiger charge is -2.05. The monoisotopic (exact) mass is 333 g/mol. The van der Waals surface area contributed by atoms with E-state index in [1.807, 2.05) is 25.1 Å². The van der Waals surface area contributed by atoms with Gasteiger partial charge in [0.05, 0.1) is 11.4 Å². The minimum absolute atomic E-state index is 0.814. The molecule has 4 rings (SSSR count). The molecule has 120 valence electrons. The van der Waals surface area contributed by atoms with Crippen LogP contribution in [0.5, 0.6) is 0 Å². The zero-order valence-electron chi connectivity index (χ0n) is 13.6. The van der Waals surface area contributed by atoms with Crippen molar-refractivity contribution in [1.82, 2.24) is 4.98 Å². The molecule has 0 unspecified atom stereocenters. The topological polar surface area (TPSA) is 37.3 Å². The molecule has 0 atom stereocenters. The van der Waals surface area contributed by atoms with Crippen LogP contribution in [-0.2, 0) is 12.8 Å². The normalized spacial score (nSPS) is 13.8. The van der Waals surface area contributed by atoms with E-state index in [1.165, 1.54) is 36.0 Å². The minimum Gasteiger partial charge on any atom is -0.252 e. The van der Waals surface area contributed by atoms with Gasteiger partial charge in [-0.2, -0.15) is 5.10 Å². The van der Waals surface area contributed by atoms with E-state index in [4.69, 9.17) is 0 Å². The van der Waals surface area contributed by atoms with E-state index in [9.17, 15) is 0 Å². The van der Waals surface area contributed by atoms with Crippen molar-refractivity contribution >= 4 is 22.2 Å². The van der Waals surface area contributed by atoms with Crippen LogP contribution in [0.15, 0.2) is 59.0 Å². The van der Waals surface area contributed by atoms with Crippen LogP contribution in [0, 0.1) is 0 Å². The first-order valence-electron chi connectivity index (χ1n) is 8.23. The van der Waals surface area contributed by atoms with Gasteiger partial charge in [-0.25, -0.2) is 4.98 Å². The Morgan fingerprint density at radius 3 is 2.79 bits per heavy atom. The van der Waals surface area contributed by atoms with Crippen LogP contribution in [0.1, 0.15) is 30.0 Å². The summed E-state index contributed by atoms with van der Waals surface area (Å²) in [5, 5.41) is 7.38. The number of hydrogen-bond donors (Lipinski definition) is 1. The zero-order chi connectivity index (χ0) is 16.4. The molecule has 3 nitrogen and oxygen atoms in total. The van der Waals surface area contributed by atoms with Gasteiger partial charge in [-0.05, 0) is 48.9 Å². The van der Waals surface area contributed by atoms with Gasteiger partial charge < -0.3 is 0 Å². The van der Waals surface area contributed by atoms with Gasteiger partial charge in [0.2, 0.25) is 5.13 Å². The van der Waals surface area contributed by atoms with Crippen molar-refractivity contribution in [3.05, 3.63) is 70.6 Å². The van der Waals surface area contributed by atoms with Crippen LogP contribution in [0.4, 0.5) is 5.13 Å². The van der Waals surface area contributed by atoms with Crippen LogP contribution < -0.4 is 5.43 Å². The Morgan fingerprint density at radius 2 is 1.92 bits per heavy atom. The summed E-state index contributed by atoms with van der Waals surface area (Å²) in [5.74, 6) is 0. The third-order valence-electron chi connectivity index (χ3n) is 4.41. The van der Waals surface area contributed by atoms with Crippen molar-refractivity contribution in [2.75, 3.05) is 5.43 Å². The number of aryl methyl sites for hydroxylation is 2. The fourth-order valence-electron chi connectivity index (χ4n) is 3.06. The van der Waals surface area contributed by atoms with Gasteiger partial charge in [0.1, 0.15) is 0 Å². The second kappa shape index (κ2) is 6.57. The molecule has 1 aliphatic carbocycles. The zero-order valence-corrected chi connectivity index (χ0v) is 14.4. The summed E-state index contributed by atoms with van der Waals surface area (Å²) in [6.07, 6.45) is 3.68. The summed E-state index contributed by atoms with van der Waals surface area (Å²) in [5.41, 5.74) is 10.3. The van der Waals surface area contributed by atoms with Crippen LogP contribution in [-0.4, -0.2) is 10.7 Å². The molecule has 2 aromatic carbocycles. The highest BCUT2D eigenvalue weighted by atomic mass is 32.1. The summed E-state index contributed by atoms with van der Waals surface area (Å²) in [6.45, 7) is 2.04. The van der Waals surface area contributed by atoms with E-state index in [0.717, 1.165) is 22.1 Å². The first kappa shape index (κ1) is 15.1. The lowest BCUT2D eigenvalue weighted by molar-refractivity contribution is 0.912. The number of hydrogen-bond acceptors (Lipinski definition) is 4. The van der Waals surface area contributed by atoms with Gasteiger partial charge in [0.25, 0.3) is 0 Å². The Hall–Kier alpha value is -2.46. The average molecular weight is 333 g/mol. The van der Waals surface area contributed by atoms with Gasteiger partial charge >= 0.3 is 0 Å². The van der Waals surface area contributed by atoms with Gasteiger partial charge in [-0.15, -0.1) is 11.3 Å². The predicted octanol–water partition coefficient (Wildman–Crippen LogP) is 5.13. The average Bonchev–Trinajstić information content (AvgIpc) is 3.29. The van der Waals surface area contributed by atoms with Gasteiger partial charge in [0.15, 0.2) is 0 Å². The van der Waals surface area contributed by atoms with Crippen molar-refractivity contribution in [3.63, 3.8) is 0 Å². The van der Waals surface area contributed by atoms with Crippen LogP contribution in [0.3, 0.4) is 0 Å². The number of nitrogens with one attached hydrogen (secondary N) is 1. The maximum Gasteiger partial charge on any atom is 0.203 e. The molecule has 0 aliphatic heterocycles. The van der Waals surface area contributed by atoms with E-state index in [2.05, 4.69) is 51.2 Å². The molecule has 0 bridgehead atoms. The summed E-state index contributed by atoms with van der Waals surface area (Å²) >= 11 is 1.57. The molecule has 0 spiro atoms. The number of rotatable bonds is 4. The molecule has 0 radical (unpaired) electrons. The van der Waals surface area contributed by atoms with Gasteiger partial charge in [-0.3, -0.25) is 5.43 Å². The molecular weight excluding hydrogens is 314 g/mol. The molecule has 24 heavy (non-hydrogen) atoms. The molecular formula is C20H19N3S. The molecule has 1 aliphatic rings. The smallest absolute Gasteiger partial charge is 0.203 e. The van der Waals surface area contributed by atoms with Gasteiger partial charge in [-0.1, -0.05) is 42.5 Å². The Labute approximate surface area is 146 Å². The van der Waals surface area contributed by atoms with Crippen LogP contribution in [0.2, 0.25) is 0 Å². The van der Waals surface area contributed by atoms with E-state index in [0.29, 0.717) is 0 Å². The van der Waals surface area contributed by atoms with Gasteiger partial charge in [0, 0.05) is 10.9 Å². The summed E-state index contributed by atoms with van der Waals surface area (Å²) < 4.78 is 0. The SMILES string of the molecule is C/C(=N\Nc1nc(-c2ccccc2)cs1)c1ccc2c(c1)CCC2. The van der Waals surface area contributed by atoms with E-state index in [-0.39, 0.29) is 0 Å². The standard InChI is InChI=1S/C20H19N3S/c1-14(17-11-10-15-8-5-9-18(15)12-17)22-23-20-21-19(13-24-20)16-6-3-2-4-7-16/h2-4,6-7,10-13H,5,8-9H2,1H3,(H,21,23)/b22-14+. The molecule has 1 aromatic heterocycles. The summed E-state index contributed by atoms with van der Waals surface area (Å²) in [7, 11) is 0. The minimum atomic E-state index is 0.814. The lowest BCUT2D eigenvalue weighted by Crippen LogP contribution is -2.00. The number of benzene rings is 2. The van der Waals surface area contributed by atoms with E-state index < -0.39 is 0 Å². The van der Waals surface area contributed by atoms with Crippen molar-refractivity contribution in [1.29, 1.82) is 0 Å². The maximum atomic E-state index is 4.60. The number of anilines is 1. The highest BCUT2D eigenvalue weighted by Gasteiger charge is 2.11. The largest absolute Gasteiger partial charge is 0.252 e.